The van der Waals surface area contributed by atoms with E-state index >= 15 is 0 Å². The molecule has 0 aliphatic rings. The van der Waals surface area contributed by atoms with Crippen molar-refractivity contribution < 1.29 is 8.83 Å². The van der Waals surface area contributed by atoms with Gasteiger partial charge in [-0.1, -0.05) is 121 Å². The number of hydrogen-bond donors (Lipinski definition) is 0. The minimum atomic E-state index is 0.571. The third-order valence-corrected chi connectivity index (χ3v) is 11.1. The zero-order valence-electron chi connectivity index (χ0n) is 30.4. The fourth-order valence-electron chi connectivity index (χ4n) is 8.40. The molecular weight excluding hydrogens is 701 g/mol. The van der Waals surface area contributed by atoms with Gasteiger partial charge in [0.05, 0.1) is 11.0 Å². The molecule has 57 heavy (non-hydrogen) atoms. The highest BCUT2D eigenvalue weighted by Gasteiger charge is 2.20. The van der Waals surface area contributed by atoms with Gasteiger partial charge in [-0.25, -0.2) is 15.0 Å². The molecular formula is C51H30N4O2. The summed E-state index contributed by atoms with van der Waals surface area (Å²) < 4.78 is 14.8. The molecule has 8 aromatic carbocycles. The number of fused-ring (bicyclic) bond motifs is 9. The quantitative estimate of drug-likeness (QED) is 0.176. The smallest absolute Gasteiger partial charge is 0.164 e. The predicted octanol–water partition coefficient (Wildman–Crippen LogP) is 13.4. The van der Waals surface area contributed by atoms with E-state index in [0.717, 1.165) is 82.7 Å². The lowest BCUT2D eigenvalue weighted by molar-refractivity contribution is 0.668. The van der Waals surface area contributed by atoms with Crippen LogP contribution in [0.25, 0.3) is 117 Å². The number of furan rings is 2. The van der Waals surface area contributed by atoms with Gasteiger partial charge in [-0.15, -0.1) is 0 Å². The fraction of sp³-hybridized carbons (Fsp3) is 0. The molecule has 6 heteroatoms. The monoisotopic (exact) mass is 730 g/mol. The van der Waals surface area contributed by atoms with Crippen LogP contribution in [0.4, 0.5) is 0 Å². The van der Waals surface area contributed by atoms with Crippen molar-refractivity contribution in [1.29, 1.82) is 0 Å². The first-order valence-corrected chi connectivity index (χ1v) is 19.0. The first-order valence-electron chi connectivity index (χ1n) is 19.0. The van der Waals surface area contributed by atoms with Crippen LogP contribution in [0.15, 0.2) is 191 Å². The Morgan fingerprint density at radius 1 is 0.333 bits per heavy atom. The van der Waals surface area contributed by atoms with Crippen molar-refractivity contribution in [2.75, 3.05) is 0 Å². The SMILES string of the molecule is c1ccc(-c2ccc(-n3c4ccccc4c4ccc(-c5nc(-c6ccc7oc8ccccc8c7c6)nc(-c6cccc7oc8ccccc8c67)n5)cc43)cc2)cc1. The van der Waals surface area contributed by atoms with Crippen molar-refractivity contribution in [3.8, 4) is 51.0 Å². The van der Waals surface area contributed by atoms with Crippen molar-refractivity contribution in [1.82, 2.24) is 19.5 Å². The second-order valence-corrected chi connectivity index (χ2v) is 14.4. The van der Waals surface area contributed by atoms with E-state index in [0.29, 0.717) is 17.5 Å². The summed E-state index contributed by atoms with van der Waals surface area (Å²) in [4.78, 5) is 15.7. The lowest BCUT2D eigenvalue weighted by Crippen LogP contribution is -2.01. The number of hydrogen-bond acceptors (Lipinski definition) is 5. The molecule has 0 aliphatic heterocycles. The van der Waals surface area contributed by atoms with Crippen LogP contribution in [0.2, 0.25) is 0 Å². The van der Waals surface area contributed by atoms with Crippen molar-refractivity contribution in [3.63, 3.8) is 0 Å². The highest BCUT2D eigenvalue weighted by Crippen LogP contribution is 2.39. The van der Waals surface area contributed by atoms with E-state index in [1.54, 1.807) is 0 Å². The summed E-state index contributed by atoms with van der Waals surface area (Å²) in [5.41, 5.74) is 11.6. The standard InChI is InChI=1S/C51H30N4O2/c1-2-11-31(12-3-1)32-21-25-35(26-22-32)55-42-17-7-4-13-36(42)37-27-23-34(30-43(37)55)50-52-49(33-24-28-46-41(29-33)38-14-5-8-18-44(38)56-46)53-51(54-50)40-16-10-20-47-48(40)39-15-6-9-19-45(39)57-47/h1-30H. The Labute approximate surface area is 325 Å². The molecule has 0 radical (unpaired) electrons. The van der Waals surface area contributed by atoms with Crippen molar-refractivity contribution in [2.24, 2.45) is 0 Å². The first-order chi connectivity index (χ1) is 28.2. The average molecular weight is 731 g/mol. The van der Waals surface area contributed by atoms with E-state index < -0.39 is 0 Å². The largest absolute Gasteiger partial charge is 0.456 e. The average Bonchev–Trinajstić information content (AvgIpc) is 3.96. The van der Waals surface area contributed by atoms with Crippen LogP contribution in [0, 0.1) is 0 Å². The van der Waals surface area contributed by atoms with E-state index in [4.69, 9.17) is 23.8 Å². The Hall–Kier alpha value is -7.83. The zero-order valence-corrected chi connectivity index (χ0v) is 30.4. The van der Waals surface area contributed by atoms with Crippen LogP contribution >= 0.6 is 0 Å². The Morgan fingerprint density at radius 3 is 1.72 bits per heavy atom. The summed E-state index contributed by atoms with van der Waals surface area (Å²) in [5.74, 6) is 1.72. The third-order valence-electron chi connectivity index (χ3n) is 11.1. The predicted molar refractivity (Wildman–Crippen MR) is 230 cm³/mol. The lowest BCUT2D eigenvalue weighted by Gasteiger charge is -2.11. The Bertz CT molecular complexity index is 3520. The second-order valence-electron chi connectivity index (χ2n) is 14.4. The molecule has 0 amide bonds. The molecule has 12 aromatic rings. The van der Waals surface area contributed by atoms with Gasteiger partial charge in [0.2, 0.25) is 0 Å². The topological polar surface area (TPSA) is 69.9 Å². The molecule has 0 fully saturated rings. The highest BCUT2D eigenvalue weighted by atomic mass is 16.3. The maximum atomic E-state index is 6.30. The zero-order chi connectivity index (χ0) is 37.5. The third kappa shape index (κ3) is 5.01. The molecule has 6 nitrogen and oxygen atoms in total. The maximum absolute atomic E-state index is 6.30. The molecule has 0 saturated heterocycles. The van der Waals surface area contributed by atoms with Gasteiger partial charge in [0.15, 0.2) is 17.5 Å². The summed E-state index contributed by atoms with van der Waals surface area (Å²) in [6.45, 7) is 0. The van der Waals surface area contributed by atoms with Crippen molar-refractivity contribution in [3.05, 3.63) is 182 Å². The van der Waals surface area contributed by atoms with Gasteiger partial charge in [0.1, 0.15) is 22.3 Å². The second kappa shape index (κ2) is 12.3. The van der Waals surface area contributed by atoms with Gasteiger partial charge >= 0.3 is 0 Å². The normalized spacial score (nSPS) is 11.9. The fourth-order valence-corrected chi connectivity index (χ4v) is 8.40. The summed E-state index contributed by atoms with van der Waals surface area (Å²) in [6, 6.07) is 62.8. The van der Waals surface area contributed by atoms with Gasteiger partial charge in [-0.3, -0.25) is 0 Å². The summed E-state index contributed by atoms with van der Waals surface area (Å²) in [6.07, 6.45) is 0. The number of rotatable bonds is 5. The molecule has 4 aromatic heterocycles. The van der Waals surface area contributed by atoms with Crippen molar-refractivity contribution >= 4 is 65.7 Å². The minimum absolute atomic E-state index is 0.571. The molecule has 0 saturated carbocycles. The molecule has 4 heterocycles. The molecule has 0 atom stereocenters. The molecule has 266 valence electrons. The van der Waals surface area contributed by atoms with Crippen LogP contribution in [0.5, 0.6) is 0 Å². The molecule has 0 aliphatic carbocycles. The van der Waals surface area contributed by atoms with E-state index in [2.05, 4.69) is 120 Å². The van der Waals surface area contributed by atoms with E-state index in [1.165, 1.54) is 16.5 Å². The first kappa shape index (κ1) is 31.5. The van der Waals surface area contributed by atoms with Gasteiger partial charge in [0.25, 0.3) is 0 Å². The minimum Gasteiger partial charge on any atom is -0.456 e. The van der Waals surface area contributed by atoms with E-state index in [9.17, 15) is 0 Å². The van der Waals surface area contributed by atoms with Gasteiger partial charge in [-0.2, -0.15) is 0 Å². The lowest BCUT2D eigenvalue weighted by atomic mass is 10.0. The Balaban J connectivity index is 1.08. The van der Waals surface area contributed by atoms with Crippen LogP contribution in [0.1, 0.15) is 0 Å². The Morgan fingerprint density at radius 2 is 0.895 bits per heavy atom. The Kier molecular flexibility index (Phi) is 6.83. The summed E-state index contributed by atoms with van der Waals surface area (Å²) in [7, 11) is 0. The number of para-hydroxylation sites is 3. The molecule has 12 rings (SSSR count). The molecule has 0 spiro atoms. The number of nitrogens with zero attached hydrogens (tertiary/aromatic N) is 4. The van der Waals surface area contributed by atoms with Crippen LogP contribution in [0.3, 0.4) is 0 Å². The maximum Gasteiger partial charge on any atom is 0.164 e. The van der Waals surface area contributed by atoms with Crippen molar-refractivity contribution in [2.45, 2.75) is 0 Å². The number of aromatic nitrogens is 4. The van der Waals surface area contributed by atoms with E-state index in [1.807, 2.05) is 66.7 Å². The van der Waals surface area contributed by atoms with Gasteiger partial charge < -0.3 is 13.4 Å². The summed E-state index contributed by atoms with van der Waals surface area (Å²) in [5, 5.41) is 6.39. The van der Waals surface area contributed by atoms with E-state index in [-0.39, 0.29) is 0 Å². The van der Waals surface area contributed by atoms with Gasteiger partial charge in [-0.05, 0) is 71.8 Å². The van der Waals surface area contributed by atoms with Crippen LogP contribution in [-0.2, 0) is 0 Å². The summed E-state index contributed by atoms with van der Waals surface area (Å²) >= 11 is 0. The van der Waals surface area contributed by atoms with Crippen LogP contribution in [-0.4, -0.2) is 19.5 Å². The molecule has 0 N–H and O–H groups in total. The molecule has 0 bridgehead atoms. The highest BCUT2D eigenvalue weighted by molar-refractivity contribution is 6.12. The van der Waals surface area contributed by atoms with Gasteiger partial charge in [0, 0.05) is 54.7 Å². The molecule has 0 unspecified atom stereocenters. The number of benzene rings is 8. The van der Waals surface area contributed by atoms with Crippen LogP contribution < -0.4 is 0 Å².